The van der Waals surface area contributed by atoms with Crippen LogP contribution < -0.4 is 5.43 Å². The monoisotopic (exact) mass is 345 g/mol. The number of anilines is 1. The molecule has 0 radical (unpaired) electrons. The Balaban J connectivity index is 2.07. The Morgan fingerprint density at radius 1 is 1.26 bits per heavy atom. The Morgan fingerprint density at radius 3 is 2.70 bits per heavy atom. The fourth-order valence-corrected chi connectivity index (χ4v) is 3.43. The van der Waals surface area contributed by atoms with Crippen molar-refractivity contribution in [2.24, 2.45) is 5.10 Å². The van der Waals surface area contributed by atoms with Crippen LogP contribution in [0.2, 0.25) is 5.02 Å². The Hall–Kier alpha value is -1.95. The summed E-state index contributed by atoms with van der Waals surface area (Å²) >= 11 is 7.67. The molecule has 0 bridgehead atoms. The van der Waals surface area contributed by atoms with Crippen molar-refractivity contribution in [1.82, 2.24) is 4.98 Å². The second-order valence-corrected chi connectivity index (χ2v) is 6.81. The molecule has 4 nitrogen and oxygen atoms in total. The lowest BCUT2D eigenvalue weighted by Crippen LogP contribution is -2.00. The minimum atomic E-state index is -0.774. The van der Waals surface area contributed by atoms with Crippen LogP contribution in [0, 0.1) is 0 Å². The molecule has 0 saturated carbocycles. The minimum Gasteiger partial charge on any atom is -0.384 e. The van der Waals surface area contributed by atoms with Crippen molar-refractivity contribution in [3.05, 3.63) is 58.6 Å². The highest BCUT2D eigenvalue weighted by molar-refractivity contribution is 7.22. The summed E-state index contributed by atoms with van der Waals surface area (Å²) in [7, 11) is 0. The summed E-state index contributed by atoms with van der Waals surface area (Å²) in [6, 6.07) is 13.1. The second-order valence-electron chi connectivity index (χ2n) is 5.34. The zero-order valence-corrected chi connectivity index (χ0v) is 14.3. The van der Waals surface area contributed by atoms with Crippen molar-refractivity contribution < 1.29 is 5.11 Å². The quantitative estimate of drug-likeness (QED) is 0.525. The molecule has 3 rings (SSSR count). The van der Waals surface area contributed by atoms with Gasteiger partial charge >= 0.3 is 0 Å². The Bertz CT molecular complexity index is 857. The highest BCUT2D eigenvalue weighted by atomic mass is 35.5. The van der Waals surface area contributed by atoms with Crippen molar-refractivity contribution in [1.29, 1.82) is 0 Å². The van der Waals surface area contributed by atoms with Crippen LogP contribution in [0.25, 0.3) is 10.2 Å². The normalized spacial score (nSPS) is 12.2. The maximum Gasteiger partial charge on any atom is 0.204 e. The first kappa shape index (κ1) is 15.9. The number of hydrazone groups is 1. The second kappa shape index (κ2) is 6.66. The molecule has 1 aromatic heterocycles. The molecule has 0 aliphatic rings. The first-order valence-corrected chi connectivity index (χ1v) is 8.34. The average molecular weight is 346 g/mol. The first-order valence-electron chi connectivity index (χ1n) is 7.14. The highest BCUT2D eigenvalue weighted by Crippen LogP contribution is 2.36. The summed E-state index contributed by atoms with van der Waals surface area (Å²) in [5.74, 6) is 0. The van der Waals surface area contributed by atoms with Gasteiger partial charge in [0.25, 0.3) is 0 Å². The summed E-state index contributed by atoms with van der Waals surface area (Å²) in [6.45, 7) is 3.81. The van der Waals surface area contributed by atoms with Crippen LogP contribution in [0.5, 0.6) is 0 Å². The molecule has 0 unspecified atom stereocenters. The van der Waals surface area contributed by atoms with Gasteiger partial charge in [-0.1, -0.05) is 53.3 Å². The van der Waals surface area contributed by atoms with E-state index in [1.807, 2.05) is 50.2 Å². The lowest BCUT2D eigenvalue weighted by Gasteiger charge is -2.12. The number of nitrogens with zero attached hydrogens (tertiary/aromatic N) is 2. The molecule has 0 fully saturated rings. The number of rotatable bonds is 4. The van der Waals surface area contributed by atoms with E-state index in [-0.39, 0.29) is 0 Å². The summed E-state index contributed by atoms with van der Waals surface area (Å²) in [6.07, 6.45) is -0.774. The topological polar surface area (TPSA) is 57.5 Å². The van der Waals surface area contributed by atoms with E-state index in [1.54, 1.807) is 6.07 Å². The third-order valence-electron chi connectivity index (χ3n) is 3.27. The summed E-state index contributed by atoms with van der Waals surface area (Å²) < 4.78 is 0.911. The zero-order chi connectivity index (χ0) is 16.4. The van der Waals surface area contributed by atoms with E-state index in [0.717, 1.165) is 21.5 Å². The molecule has 0 aliphatic carbocycles. The number of aliphatic hydroxyl groups is 1. The Labute approximate surface area is 143 Å². The molecule has 6 heteroatoms. The van der Waals surface area contributed by atoms with Crippen molar-refractivity contribution in [3.8, 4) is 0 Å². The third kappa shape index (κ3) is 3.52. The zero-order valence-electron chi connectivity index (χ0n) is 12.7. The number of thiazole rings is 1. The molecular formula is C17H16ClN3OS. The number of aromatic nitrogens is 1. The van der Waals surface area contributed by atoms with E-state index < -0.39 is 6.10 Å². The number of benzene rings is 2. The van der Waals surface area contributed by atoms with Gasteiger partial charge in [-0.25, -0.2) is 4.98 Å². The summed E-state index contributed by atoms with van der Waals surface area (Å²) in [5, 5.41) is 16.1. The van der Waals surface area contributed by atoms with Gasteiger partial charge in [-0.2, -0.15) is 5.10 Å². The van der Waals surface area contributed by atoms with E-state index in [2.05, 4.69) is 15.5 Å². The van der Waals surface area contributed by atoms with Crippen molar-refractivity contribution in [2.75, 3.05) is 5.43 Å². The highest BCUT2D eigenvalue weighted by Gasteiger charge is 2.17. The number of aliphatic hydroxyl groups excluding tert-OH is 1. The number of hydrogen-bond donors (Lipinski definition) is 2. The minimum absolute atomic E-state index is 0.577. The van der Waals surface area contributed by atoms with Crippen LogP contribution in [0.3, 0.4) is 0 Å². The molecule has 3 aromatic rings. The smallest absolute Gasteiger partial charge is 0.204 e. The molecular weight excluding hydrogens is 330 g/mol. The van der Waals surface area contributed by atoms with Crippen molar-refractivity contribution in [3.63, 3.8) is 0 Å². The van der Waals surface area contributed by atoms with E-state index in [1.165, 1.54) is 11.3 Å². The first-order chi connectivity index (χ1) is 11.0. The molecule has 2 N–H and O–H groups in total. The van der Waals surface area contributed by atoms with Gasteiger partial charge in [0.2, 0.25) is 5.13 Å². The fourth-order valence-electron chi connectivity index (χ4n) is 2.25. The van der Waals surface area contributed by atoms with Crippen LogP contribution in [0.1, 0.15) is 31.1 Å². The van der Waals surface area contributed by atoms with E-state index in [9.17, 15) is 5.11 Å². The molecule has 2 aromatic carbocycles. The van der Waals surface area contributed by atoms with Gasteiger partial charge in [0.05, 0.1) is 10.2 Å². The molecule has 23 heavy (non-hydrogen) atoms. The Morgan fingerprint density at radius 2 is 2.00 bits per heavy atom. The number of nitrogens with one attached hydrogen (secondary N) is 1. The predicted molar refractivity (Wildman–Crippen MR) is 97.5 cm³/mol. The fraction of sp³-hybridized carbons (Fsp3) is 0.176. The van der Waals surface area contributed by atoms with Gasteiger partial charge in [-0.15, -0.1) is 0 Å². The Kier molecular flexibility index (Phi) is 4.61. The molecule has 0 aliphatic heterocycles. The van der Waals surface area contributed by atoms with Crippen molar-refractivity contribution >= 4 is 44.0 Å². The molecule has 0 spiro atoms. The molecule has 118 valence electrons. The van der Waals surface area contributed by atoms with Gasteiger partial charge in [-0.05, 0) is 31.5 Å². The maximum absolute atomic E-state index is 10.7. The molecule has 1 heterocycles. The standard InChI is InChI=1S/C17H16ClN3OS/c1-10(2)20-21-17-19-15-13(8-12(18)9-14(15)23-17)16(22)11-6-4-3-5-7-11/h3-9,16,22H,1-2H3,(H,19,21)/t16-/m1/s1. The van der Waals surface area contributed by atoms with E-state index in [4.69, 9.17) is 11.6 Å². The summed E-state index contributed by atoms with van der Waals surface area (Å²) in [5.41, 5.74) is 6.08. The van der Waals surface area contributed by atoms with Crippen LogP contribution in [-0.4, -0.2) is 15.8 Å². The van der Waals surface area contributed by atoms with Gasteiger partial charge < -0.3 is 5.11 Å². The van der Waals surface area contributed by atoms with Gasteiger partial charge in [0.15, 0.2) is 0 Å². The van der Waals surface area contributed by atoms with Crippen LogP contribution >= 0.6 is 22.9 Å². The maximum atomic E-state index is 10.7. The molecule has 0 amide bonds. The number of hydrogen-bond acceptors (Lipinski definition) is 5. The summed E-state index contributed by atoms with van der Waals surface area (Å²) in [4.78, 5) is 4.55. The molecule has 1 atom stereocenters. The number of halogens is 1. The molecule has 0 saturated heterocycles. The predicted octanol–water partition coefficient (Wildman–Crippen LogP) is 4.84. The third-order valence-corrected chi connectivity index (χ3v) is 4.40. The lowest BCUT2D eigenvalue weighted by molar-refractivity contribution is 0.221. The van der Waals surface area contributed by atoms with Crippen LogP contribution in [0.4, 0.5) is 5.13 Å². The average Bonchev–Trinajstić information content (AvgIpc) is 2.95. The SMILES string of the molecule is CC(C)=NNc1nc2c([C@H](O)c3ccccc3)cc(Cl)cc2s1. The van der Waals surface area contributed by atoms with Gasteiger partial charge in [0, 0.05) is 16.3 Å². The van der Waals surface area contributed by atoms with Crippen LogP contribution in [-0.2, 0) is 0 Å². The van der Waals surface area contributed by atoms with Gasteiger partial charge in [0.1, 0.15) is 6.10 Å². The van der Waals surface area contributed by atoms with Crippen molar-refractivity contribution in [2.45, 2.75) is 20.0 Å². The largest absolute Gasteiger partial charge is 0.384 e. The van der Waals surface area contributed by atoms with E-state index >= 15 is 0 Å². The lowest BCUT2D eigenvalue weighted by atomic mass is 10.0. The van der Waals surface area contributed by atoms with Crippen LogP contribution in [0.15, 0.2) is 47.6 Å². The number of fused-ring (bicyclic) bond motifs is 1. The van der Waals surface area contributed by atoms with E-state index in [0.29, 0.717) is 15.7 Å². The van der Waals surface area contributed by atoms with Gasteiger partial charge in [-0.3, -0.25) is 5.43 Å².